The molecule has 0 saturated carbocycles. The molecule has 0 aliphatic rings. The highest BCUT2D eigenvalue weighted by atomic mass is 19.1. The van der Waals surface area contributed by atoms with Gasteiger partial charge in [0.05, 0.1) is 5.92 Å². The van der Waals surface area contributed by atoms with Gasteiger partial charge in [0.1, 0.15) is 5.82 Å². The number of hydrogen-bond acceptors (Lipinski definition) is 2. The lowest BCUT2D eigenvalue weighted by atomic mass is 10.0. The zero-order valence-electron chi connectivity index (χ0n) is 11.5. The van der Waals surface area contributed by atoms with Crippen molar-refractivity contribution in [3.8, 4) is 0 Å². The van der Waals surface area contributed by atoms with Crippen LogP contribution in [-0.2, 0) is 4.79 Å². The predicted molar refractivity (Wildman–Crippen MR) is 72.3 cm³/mol. The van der Waals surface area contributed by atoms with E-state index in [0.717, 1.165) is 12.1 Å². The van der Waals surface area contributed by atoms with E-state index in [0.29, 0.717) is 12.1 Å². The third-order valence-electron chi connectivity index (χ3n) is 3.15. The molecule has 18 heavy (non-hydrogen) atoms. The predicted octanol–water partition coefficient (Wildman–Crippen LogP) is 2.34. The van der Waals surface area contributed by atoms with Crippen LogP contribution < -0.4 is 10.2 Å². The van der Waals surface area contributed by atoms with Crippen LogP contribution in [0.4, 0.5) is 10.1 Å². The van der Waals surface area contributed by atoms with Crippen LogP contribution in [0.1, 0.15) is 18.9 Å². The minimum absolute atomic E-state index is 0.0506. The van der Waals surface area contributed by atoms with Gasteiger partial charge in [0.15, 0.2) is 0 Å². The fourth-order valence-electron chi connectivity index (χ4n) is 1.89. The molecule has 1 rings (SSSR count). The monoisotopic (exact) mass is 252 g/mol. The number of anilines is 1. The van der Waals surface area contributed by atoms with Crippen LogP contribution in [0.25, 0.3) is 0 Å². The third-order valence-corrected chi connectivity index (χ3v) is 3.15. The summed E-state index contributed by atoms with van der Waals surface area (Å²) >= 11 is 0. The van der Waals surface area contributed by atoms with Crippen LogP contribution in [-0.4, -0.2) is 26.5 Å². The number of carbonyl (C=O) groups excluding carboxylic acids is 1. The van der Waals surface area contributed by atoms with Crippen molar-refractivity contribution in [2.24, 2.45) is 5.92 Å². The lowest BCUT2D eigenvalue weighted by Crippen LogP contribution is -2.37. The van der Waals surface area contributed by atoms with Gasteiger partial charge in [0.2, 0.25) is 5.91 Å². The van der Waals surface area contributed by atoms with Crippen molar-refractivity contribution < 1.29 is 9.18 Å². The van der Waals surface area contributed by atoms with Crippen LogP contribution >= 0.6 is 0 Å². The lowest BCUT2D eigenvalue weighted by molar-refractivity contribution is -0.122. The van der Waals surface area contributed by atoms with Crippen molar-refractivity contribution in [1.82, 2.24) is 5.32 Å². The Balaban J connectivity index is 2.88. The highest BCUT2D eigenvalue weighted by molar-refractivity contribution is 5.94. The van der Waals surface area contributed by atoms with E-state index in [-0.39, 0.29) is 17.6 Å². The van der Waals surface area contributed by atoms with E-state index in [4.69, 9.17) is 0 Å². The van der Waals surface area contributed by atoms with Crippen molar-refractivity contribution in [3.63, 3.8) is 0 Å². The number of rotatable bonds is 5. The molecule has 0 aliphatic carbocycles. The average molecular weight is 252 g/mol. The van der Waals surface area contributed by atoms with E-state index in [9.17, 15) is 9.18 Å². The summed E-state index contributed by atoms with van der Waals surface area (Å²) in [5, 5.41) is 3.02. The second-order valence-corrected chi connectivity index (χ2v) is 4.49. The Bertz CT molecular complexity index is 420. The Hall–Kier alpha value is -1.42. The van der Waals surface area contributed by atoms with Crippen molar-refractivity contribution in [2.75, 3.05) is 25.5 Å². The maximum atomic E-state index is 13.2. The fourth-order valence-corrected chi connectivity index (χ4v) is 1.89. The lowest BCUT2D eigenvalue weighted by Gasteiger charge is -2.23. The van der Waals surface area contributed by atoms with E-state index in [2.05, 4.69) is 5.32 Å². The molecule has 1 atom stereocenters. The SMILES string of the molecule is CCC(CNC)C(=O)N(C)c1ccc(F)c(C)c1. The molecule has 0 heterocycles. The van der Waals surface area contributed by atoms with Gasteiger partial charge in [-0.2, -0.15) is 0 Å². The topological polar surface area (TPSA) is 32.3 Å². The minimum Gasteiger partial charge on any atom is -0.319 e. The fraction of sp³-hybridized carbons (Fsp3) is 0.500. The van der Waals surface area contributed by atoms with Gasteiger partial charge < -0.3 is 10.2 Å². The van der Waals surface area contributed by atoms with E-state index in [1.807, 2.05) is 14.0 Å². The van der Waals surface area contributed by atoms with Gasteiger partial charge in [0, 0.05) is 19.3 Å². The molecule has 4 heteroatoms. The molecule has 0 saturated heterocycles. The molecule has 0 spiro atoms. The van der Waals surface area contributed by atoms with Crippen molar-refractivity contribution in [2.45, 2.75) is 20.3 Å². The summed E-state index contributed by atoms with van der Waals surface area (Å²) in [6.45, 7) is 4.34. The summed E-state index contributed by atoms with van der Waals surface area (Å²) in [6.07, 6.45) is 0.782. The number of nitrogens with zero attached hydrogens (tertiary/aromatic N) is 1. The Morgan fingerprint density at radius 3 is 2.67 bits per heavy atom. The standard InChI is InChI=1S/C14H21FN2O/c1-5-11(9-16-3)14(18)17(4)12-6-7-13(15)10(2)8-12/h6-8,11,16H,5,9H2,1-4H3. The molecule has 0 aromatic heterocycles. The molecule has 0 fully saturated rings. The molecule has 1 aromatic rings. The highest BCUT2D eigenvalue weighted by Crippen LogP contribution is 2.19. The zero-order valence-corrected chi connectivity index (χ0v) is 11.5. The van der Waals surface area contributed by atoms with Gasteiger partial charge in [0.25, 0.3) is 0 Å². The first-order valence-electron chi connectivity index (χ1n) is 6.19. The highest BCUT2D eigenvalue weighted by Gasteiger charge is 2.20. The Kier molecular flexibility index (Phi) is 5.28. The Labute approximate surface area is 108 Å². The maximum absolute atomic E-state index is 13.2. The van der Waals surface area contributed by atoms with E-state index in [1.54, 1.807) is 31.0 Å². The molecule has 1 aromatic carbocycles. The van der Waals surface area contributed by atoms with Gasteiger partial charge >= 0.3 is 0 Å². The number of hydrogen-bond donors (Lipinski definition) is 1. The molecule has 1 unspecified atom stereocenters. The van der Waals surface area contributed by atoms with Gasteiger partial charge in [-0.15, -0.1) is 0 Å². The van der Waals surface area contributed by atoms with Crippen LogP contribution in [0, 0.1) is 18.7 Å². The molecule has 0 aliphatic heterocycles. The minimum atomic E-state index is -0.248. The zero-order chi connectivity index (χ0) is 13.7. The van der Waals surface area contributed by atoms with Crippen LogP contribution in [0.3, 0.4) is 0 Å². The molecule has 0 radical (unpaired) electrons. The van der Waals surface area contributed by atoms with Crippen LogP contribution in [0.15, 0.2) is 18.2 Å². The van der Waals surface area contributed by atoms with Crippen molar-refractivity contribution in [1.29, 1.82) is 0 Å². The van der Waals surface area contributed by atoms with E-state index in [1.165, 1.54) is 6.07 Å². The van der Waals surface area contributed by atoms with Gasteiger partial charge in [-0.05, 0) is 44.2 Å². The number of benzene rings is 1. The summed E-state index contributed by atoms with van der Waals surface area (Å²) in [5.41, 5.74) is 1.28. The summed E-state index contributed by atoms with van der Waals surface area (Å²) in [7, 11) is 3.56. The maximum Gasteiger partial charge on any atom is 0.231 e. The van der Waals surface area contributed by atoms with E-state index < -0.39 is 0 Å². The second kappa shape index (κ2) is 6.50. The van der Waals surface area contributed by atoms with Crippen molar-refractivity contribution >= 4 is 11.6 Å². The Morgan fingerprint density at radius 2 is 2.17 bits per heavy atom. The summed E-state index contributed by atoms with van der Waals surface area (Å²) < 4.78 is 13.2. The first kappa shape index (κ1) is 14.6. The second-order valence-electron chi connectivity index (χ2n) is 4.49. The normalized spacial score (nSPS) is 12.3. The smallest absolute Gasteiger partial charge is 0.231 e. The van der Waals surface area contributed by atoms with E-state index >= 15 is 0 Å². The number of carbonyl (C=O) groups is 1. The van der Waals surface area contributed by atoms with Gasteiger partial charge in [-0.1, -0.05) is 6.92 Å². The van der Waals surface area contributed by atoms with Gasteiger partial charge in [-0.25, -0.2) is 4.39 Å². The first-order valence-corrected chi connectivity index (χ1v) is 6.19. The average Bonchev–Trinajstić information content (AvgIpc) is 2.37. The Morgan fingerprint density at radius 1 is 1.50 bits per heavy atom. The summed E-state index contributed by atoms with van der Waals surface area (Å²) in [5.74, 6) is -0.245. The molecule has 1 N–H and O–H groups in total. The van der Waals surface area contributed by atoms with Crippen LogP contribution in [0.5, 0.6) is 0 Å². The number of amides is 1. The molecule has 1 amide bonds. The van der Waals surface area contributed by atoms with Crippen molar-refractivity contribution in [3.05, 3.63) is 29.6 Å². The third kappa shape index (κ3) is 3.29. The number of aryl methyl sites for hydroxylation is 1. The summed E-state index contributed by atoms with van der Waals surface area (Å²) in [4.78, 5) is 13.8. The largest absolute Gasteiger partial charge is 0.319 e. The number of halogens is 1. The van der Waals surface area contributed by atoms with Crippen LogP contribution in [0.2, 0.25) is 0 Å². The molecule has 0 bridgehead atoms. The summed E-state index contributed by atoms with van der Waals surface area (Å²) in [6, 6.07) is 4.72. The quantitative estimate of drug-likeness (QED) is 0.872. The molecular formula is C14H21FN2O. The van der Waals surface area contributed by atoms with Gasteiger partial charge in [-0.3, -0.25) is 4.79 Å². The first-order chi connectivity index (χ1) is 8.51. The molecular weight excluding hydrogens is 231 g/mol. The molecule has 3 nitrogen and oxygen atoms in total. The number of nitrogens with one attached hydrogen (secondary N) is 1. The molecule has 100 valence electrons.